The molecule has 1 aromatic carbocycles. The number of piperazine rings is 1. The van der Waals surface area contributed by atoms with E-state index in [1.54, 1.807) is 12.0 Å². The van der Waals surface area contributed by atoms with Crippen LogP contribution in [-0.2, 0) is 4.74 Å². The number of hydrogen-bond donors (Lipinski definition) is 1. The molecule has 1 aliphatic rings. The number of para-hydroxylation sites is 2. The normalized spacial score (nSPS) is 16.0. The molecule has 29 heavy (non-hydrogen) atoms. The first-order chi connectivity index (χ1) is 13.2. The van der Waals surface area contributed by atoms with E-state index in [4.69, 9.17) is 19.9 Å². The van der Waals surface area contributed by atoms with Gasteiger partial charge in [0.1, 0.15) is 11.7 Å². The summed E-state index contributed by atoms with van der Waals surface area (Å²) >= 11 is 0. The molecule has 1 unspecified atom stereocenters. The summed E-state index contributed by atoms with van der Waals surface area (Å²) in [6.45, 7) is 10.3. The largest absolute Gasteiger partial charge is 0.493 e. The van der Waals surface area contributed by atoms with Crippen LogP contribution in [-0.4, -0.2) is 73.4 Å². The number of nitrogens with zero attached hydrogens (tertiary/aromatic N) is 3. The average Bonchev–Trinajstić information content (AvgIpc) is 2.65. The van der Waals surface area contributed by atoms with Crippen LogP contribution in [0.2, 0.25) is 0 Å². The van der Waals surface area contributed by atoms with E-state index in [1.165, 1.54) is 0 Å². The second-order valence-electron chi connectivity index (χ2n) is 7.73. The number of nitrogens with two attached hydrogens (primary N) is 1. The molecule has 1 heterocycles. The van der Waals surface area contributed by atoms with E-state index in [-0.39, 0.29) is 36.2 Å². The van der Waals surface area contributed by atoms with Crippen molar-refractivity contribution in [3.8, 4) is 11.5 Å². The Hall–Kier alpha value is -1.91. The van der Waals surface area contributed by atoms with Gasteiger partial charge in [0.25, 0.3) is 0 Å². The third kappa shape index (κ3) is 8.15. The molecule has 2 rings (SSSR count). The van der Waals surface area contributed by atoms with Crippen LogP contribution in [0.5, 0.6) is 11.5 Å². The van der Waals surface area contributed by atoms with Gasteiger partial charge in [0, 0.05) is 26.2 Å². The van der Waals surface area contributed by atoms with E-state index < -0.39 is 5.60 Å². The predicted octanol–water partition coefficient (Wildman–Crippen LogP) is 2.95. The minimum Gasteiger partial charge on any atom is -0.493 e. The van der Waals surface area contributed by atoms with Crippen LogP contribution in [0, 0.1) is 0 Å². The zero-order chi connectivity index (χ0) is 20.7. The van der Waals surface area contributed by atoms with Gasteiger partial charge in [0.15, 0.2) is 17.5 Å². The van der Waals surface area contributed by atoms with Crippen molar-refractivity contribution in [1.82, 2.24) is 9.80 Å². The predicted molar refractivity (Wildman–Crippen MR) is 124 cm³/mol. The molecule has 0 aromatic heterocycles. The SMILES string of the molecule is COc1ccccc1OC(C)CN=C(N)N1CCN(C(=O)OC(C)(C)C)CC1.I. The number of methoxy groups -OCH3 is 1. The Balaban J connectivity index is 0.00000420. The van der Waals surface area contributed by atoms with Gasteiger partial charge in [-0.1, -0.05) is 12.1 Å². The first-order valence-electron chi connectivity index (χ1n) is 9.52. The lowest BCUT2D eigenvalue weighted by molar-refractivity contribution is 0.0186. The molecule has 0 bridgehead atoms. The fourth-order valence-corrected chi connectivity index (χ4v) is 2.74. The molecule has 1 aliphatic heterocycles. The molecule has 164 valence electrons. The third-order valence-electron chi connectivity index (χ3n) is 4.16. The molecule has 2 N–H and O–H groups in total. The summed E-state index contributed by atoms with van der Waals surface area (Å²) in [4.78, 5) is 20.2. The molecule has 8 nitrogen and oxygen atoms in total. The van der Waals surface area contributed by atoms with Crippen LogP contribution >= 0.6 is 24.0 Å². The highest BCUT2D eigenvalue weighted by atomic mass is 127. The molecule has 9 heteroatoms. The first kappa shape index (κ1) is 25.1. The maximum atomic E-state index is 12.1. The number of carbonyl (C=O) groups is 1. The monoisotopic (exact) mass is 520 g/mol. The van der Waals surface area contributed by atoms with E-state index in [0.717, 1.165) is 0 Å². The Labute approximate surface area is 190 Å². The second kappa shape index (κ2) is 11.3. The zero-order valence-corrected chi connectivity index (χ0v) is 20.2. The van der Waals surface area contributed by atoms with Gasteiger partial charge in [-0.05, 0) is 39.8 Å². The lowest BCUT2D eigenvalue weighted by Gasteiger charge is -2.36. The summed E-state index contributed by atoms with van der Waals surface area (Å²) in [5, 5.41) is 0. The molecule has 0 spiro atoms. The van der Waals surface area contributed by atoms with Crippen molar-refractivity contribution in [3.63, 3.8) is 0 Å². The maximum absolute atomic E-state index is 12.1. The van der Waals surface area contributed by atoms with Crippen molar-refractivity contribution < 1.29 is 19.0 Å². The number of ether oxygens (including phenoxy) is 3. The number of hydrogen-bond acceptors (Lipinski definition) is 5. The van der Waals surface area contributed by atoms with Crippen LogP contribution in [0.4, 0.5) is 4.79 Å². The molecule has 1 saturated heterocycles. The van der Waals surface area contributed by atoms with Crippen molar-refractivity contribution in [2.45, 2.75) is 39.4 Å². The van der Waals surface area contributed by atoms with Crippen molar-refractivity contribution in [3.05, 3.63) is 24.3 Å². The van der Waals surface area contributed by atoms with Gasteiger partial charge in [-0.2, -0.15) is 0 Å². The molecule has 1 amide bonds. The van der Waals surface area contributed by atoms with Crippen LogP contribution in [0.15, 0.2) is 29.3 Å². The van der Waals surface area contributed by atoms with Gasteiger partial charge in [-0.3, -0.25) is 0 Å². The zero-order valence-electron chi connectivity index (χ0n) is 17.9. The average molecular weight is 520 g/mol. The number of guanidine groups is 1. The lowest BCUT2D eigenvalue weighted by Crippen LogP contribution is -2.53. The number of amides is 1. The topological polar surface area (TPSA) is 89.6 Å². The van der Waals surface area contributed by atoms with Gasteiger partial charge in [0.05, 0.1) is 13.7 Å². The molecular formula is C20H33IN4O4. The quantitative estimate of drug-likeness (QED) is 0.365. The third-order valence-corrected chi connectivity index (χ3v) is 4.16. The van der Waals surface area contributed by atoms with Gasteiger partial charge in [0.2, 0.25) is 0 Å². The minimum atomic E-state index is -0.494. The highest BCUT2D eigenvalue weighted by molar-refractivity contribution is 14.0. The summed E-state index contributed by atoms with van der Waals surface area (Å²) in [6, 6.07) is 7.50. The number of benzene rings is 1. The molecule has 0 radical (unpaired) electrons. The lowest BCUT2D eigenvalue weighted by atomic mass is 10.2. The van der Waals surface area contributed by atoms with Crippen LogP contribution < -0.4 is 15.2 Å². The van der Waals surface area contributed by atoms with Crippen LogP contribution in [0.1, 0.15) is 27.7 Å². The minimum absolute atomic E-state index is 0. The highest BCUT2D eigenvalue weighted by Crippen LogP contribution is 2.26. The van der Waals surface area contributed by atoms with Gasteiger partial charge in [-0.15, -0.1) is 24.0 Å². The Morgan fingerprint density at radius 1 is 1.14 bits per heavy atom. The van der Waals surface area contributed by atoms with Crippen molar-refractivity contribution >= 4 is 36.0 Å². The number of rotatable bonds is 5. The molecule has 0 aliphatic carbocycles. The maximum Gasteiger partial charge on any atom is 0.410 e. The molecule has 1 aromatic rings. The van der Waals surface area contributed by atoms with Gasteiger partial charge in [-0.25, -0.2) is 9.79 Å². The summed E-state index contributed by atoms with van der Waals surface area (Å²) in [5.41, 5.74) is 5.64. The second-order valence-corrected chi connectivity index (χ2v) is 7.73. The van der Waals surface area contributed by atoms with E-state index in [0.29, 0.717) is 50.2 Å². The van der Waals surface area contributed by atoms with Gasteiger partial charge < -0.3 is 29.7 Å². The number of halogens is 1. The highest BCUT2D eigenvalue weighted by Gasteiger charge is 2.26. The van der Waals surface area contributed by atoms with E-state index >= 15 is 0 Å². The van der Waals surface area contributed by atoms with Crippen LogP contribution in [0.3, 0.4) is 0 Å². The van der Waals surface area contributed by atoms with Crippen LogP contribution in [0.25, 0.3) is 0 Å². The Morgan fingerprint density at radius 2 is 1.69 bits per heavy atom. The number of aliphatic imine (C=N–C) groups is 1. The van der Waals surface area contributed by atoms with Gasteiger partial charge >= 0.3 is 6.09 Å². The van der Waals surface area contributed by atoms with E-state index in [9.17, 15) is 4.79 Å². The first-order valence-corrected chi connectivity index (χ1v) is 9.52. The summed E-state index contributed by atoms with van der Waals surface area (Å²) in [6.07, 6.45) is -0.445. The van der Waals surface area contributed by atoms with Crippen molar-refractivity contribution in [1.29, 1.82) is 0 Å². The summed E-state index contributed by atoms with van der Waals surface area (Å²) < 4.78 is 16.6. The van der Waals surface area contributed by atoms with E-state index in [2.05, 4.69) is 4.99 Å². The molecule has 0 saturated carbocycles. The Kier molecular flexibility index (Phi) is 9.81. The fourth-order valence-electron chi connectivity index (χ4n) is 2.74. The fraction of sp³-hybridized carbons (Fsp3) is 0.600. The van der Waals surface area contributed by atoms with E-state index in [1.807, 2.05) is 56.9 Å². The molecular weight excluding hydrogens is 487 g/mol. The molecule has 1 atom stereocenters. The summed E-state index contributed by atoms with van der Waals surface area (Å²) in [7, 11) is 1.61. The Bertz CT molecular complexity index is 685. The number of carbonyl (C=O) groups excluding carboxylic acids is 1. The summed E-state index contributed by atoms with van der Waals surface area (Å²) in [5.74, 6) is 1.82. The van der Waals surface area contributed by atoms with Crippen molar-refractivity contribution in [2.75, 3.05) is 39.8 Å². The molecule has 1 fully saturated rings. The smallest absolute Gasteiger partial charge is 0.410 e. The van der Waals surface area contributed by atoms with Crippen molar-refractivity contribution in [2.24, 2.45) is 10.7 Å². The Morgan fingerprint density at radius 3 is 2.24 bits per heavy atom. The standard InChI is InChI=1S/C20H32N4O4.HI/c1-15(27-17-9-7-6-8-16(17)26-5)14-22-18(21)23-10-12-24(13-11-23)19(25)28-20(2,3)4;/h6-9,15H,10-14H2,1-5H3,(H2,21,22);1H.